The van der Waals surface area contributed by atoms with E-state index in [9.17, 15) is 10.2 Å². The molecule has 2 saturated carbocycles. The Morgan fingerprint density at radius 2 is 1.86 bits per heavy atom. The summed E-state index contributed by atoms with van der Waals surface area (Å²) in [5.41, 5.74) is 0.689. The largest absolute Gasteiger partial charge is 0.393 e. The lowest BCUT2D eigenvalue weighted by Gasteiger charge is -2.62. The summed E-state index contributed by atoms with van der Waals surface area (Å²) in [5.74, 6) is 2.75. The second-order valence-corrected chi connectivity index (χ2v) is 9.22. The monoisotopic (exact) mass is 306 g/mol. The topological polar surface area (TPSA) is 40.5 Å². The highest BCUT2D eigenvalue weighted by Gasteiger charge is 2.60. The lowest BCUT2D eigenvalue weighted by molar-refractivity contribution is -0.198. The van der Waals surface area contributed by atoms with E-state index >= 15 is 0 Å². The second-order valence-electron chi connectivity index (χ2n) is 9.22. The van der Waals surface area contributed by atoms with E-state index in [1.165, 1.54) is 18.4 Å². The lowest BCUT2D eigenvalue weighted by Crippen LogP contribution is -2.62. The van der Waals surface area contributed by atoms with Crippen LogP contribution in [0.3, 0.4) is 0 Å². The maximum atomic E-state index is 11.2. The Hall–Kier alpha value is -0.340. The van der Waals surface area contributed by atoms with Crippen LogP contribution in [0.4, 0.5) is 0 Å². The molecule has 2 fully saturated rings. The summed E-state index contributed by atoms with van der Waals surface area (Å²) in [6.45, 7) is 11.2. The fraction of sp³-hybridized carbons (Fsp3) is 0.900. The number of aliphatic hydroxyl groups excluding tert-OH is 1. The molecular formula is C20H34O2. The third kappa shape index (κ3) is 2.29. The molecule has 0 unspecified atom stereocenters. The van der Waals surface area contributed by atoms with E-state index in [2.05, 4.69) is 33.8 Å². The molecule has 0 spiro atoms. The molecule has 7 atom stereocenters. The molecule has 3 aliphatic carbocycles. The van der Waals surface area contributed by atoms with Crippen molar-refractivity contribution < 1.29 is 10.2 Å². The Morgan fingerprint density at radius 1 is 1.18 bits per heavy atom. The van der Waals surface area contributed by atoms with Crippen LogP contribution in [0.1, 0.15) is 66.7 Å². The number of aliphatic hydroxyl groups is 2. The molecule has 126 valence electrons. The number of rotatable bonds is 1. The highest BCUT2D eigenvalue weighted by molar-refractivity contribution is 5.21. The van der Waals surface area contributed by atoms with Gasteiger partial charge in [0.1, 0.15) is 0 Å². The van der Waals surface area contributed by atoms with Gasteiger partial charge in [0, 0.05) is 5.92 Å². The molecule has 22 heavy (non-hydrogen) atoms. The maximum absolute atomic E-state index is 11.2. The SMILES string of the molecule is CC1=CC[C@H](C(C)C)[C@@H]2CC[C@@]3(C)[C@H](O)CC[C@](C)(O)[C@H]3[C@H]12. The zero-order chi connectivity index (χ0) is 16.3. The minimum Gasteiger partial charge on any atom is -0.393 e. The molecule has 0 amide bonds. The second kappa shape index (κ2) is 5.34. The molecule has 0 saturated heterocycles. The van der Waals surface area contributed by atoms with Gasteiger partial charge in [-0.05, 0) is 75.0 Å². The summed E-state index contributed by atoms with van der Waals surface area (Å²) in [6, 6.07) is 0. The van der Waals surface area contributed by atoms with Gasteiger partial charge >= 0.3 is 0 Å². The average Bonchev–Trinajstić information content (AvgIpc) is 2.43. The van der Waals surface area contributed by atoms with Gasteiger partial charge in [0.2, 0.25) is 0 Å². The molecule has 0 aliphatic heterocycles. The Labute approximate surface area is 136 Å². The van der Waals surface area contributed by atoms with Crippen LogP contribution in [0.25, 0.3) is 0 Å². The van der Waals surface area contributed by atoms with E-state index < -0.39 is 5.60 Å². The number of hydrogen-bond acceptors (Lipinski definition) is 2. The van der Waals surface area contributed by atoms with Gasteiger partial charge in [0.25, 0.3) is 0 Å². The zero-order valence-corrected chi connectivity index (χ0v) is 15.0. The quantitative estimate of drug-likeness (QED) is 0.714. The van der Waals surface area contributed by atoms with Gasteiger partial charge in [-0.1, -0.05) is 32.4 Å². The number of fused-ring (bicyclic) bond motifs is 3. The van der Waals surface area contributed by atoms with Crippen LogP contribution in [0.5, 0.6) is 0 Å². The van der Waals surface area contributed by atoms with E-state index in [-0.39, 0.29) is 17.4 Å². The molecule has 0 radical (unpaired) electrons. The number of hydrogen-bond donors (Lipinski definition) is 2. The van der Waals surface area contributed by atoms with Gasteiger partial charge < -0.3 is 10.2 Å². The van der Waals surface area contributed by atoms with Crippen molar-refractivity contribution in [2.75, 3.05) is 0 Å². The standard InChI is InChI=1S/C20H34O2/c1-12(2)14-7-6-13(3)17-15(14)8-10-19(4)16(21)9-11-20(5,22)18(17)19/h6,12,14-18,21-22H,7-11H2,1-5H3/t14-,15+,16-,17-,18+,19+,20+/m1/s1. The smallest absolute Gasteiger partial charge is 0.0660 e. The first kappa shape index (κ1) is 16.5. The highest BCUT2D eigenvalue weighted by atomic mass is 16.3. The molecule has 2 heteroatoms. The predicted octanol–water partition coefficient (Wildman–Crippen LogP) is 4.16. The van der Waals surface area contributed by atoms with Crippen LogP contribution in [0.15, 0.2) is 11.6 Å². The summed E-state index contributed by atoms with van der Waals surface area (Å²) < 4.78 is 0. The van der Waals surface area contributed by atoms with Gasteiger partial charge in [-0.25, -0.2) is 0 Å². The molecule has 2 nitrogen and oxygen atoms in total. The van der Waals surface area contributed by atoms with Gasteiger partial charge in [0.05, 0.1) is 11.7 Å². The Balaban J connectivity index is 2.05. The van der Waals surface area contributed by atoms with Crippen molar-refractivity contribution in [3.63, 3.8) is 0 Å². The molecule has 0 aromatic rings. The van der Waals surface area contributed by atoms with Crippen molar-refractivity contribution in [1.82, 2.24) is 0 Å². The van der Waals surface area contributed by atoms with Crippen LogP contribution >= 0.6 is 0 Å². The average molecular weight is 306 g/mol. The Kier molecular flexibility index (Phi) is 4.01. The molecule has 0 aromatic heterocycles. The summed E-state index contributed by atoms with van der Waals surface area (Å²) in [4.78, 5) is 0. The van der Waals surface area contributed by atoms with E-state index in [1.807, 2.05) is 6.92 Å². The van der Waals surface area contributed by atoms with Crippen molar-refractivity contribution >= 4 is 0 Å². The van der Waals surface area contributed by atoms with Crippen molar-refractivity contribution in [1.29, 1.82) is 0 Å². The van der Waals surface area contributed by atoms with Crippen LogP contribution < -0.4 is 0 Å². The molecular weight excluding hydrogens is 272 g/mol. The van der Waals surface area contributed by atoms with Crippen LogP contribution in [-0.2, 0) is 0 Å². The van der Waals surface area contributed by atoms with Crippen LogP contribution in [-0.4, -0.2) is 21.9 Å². The Morgan fingerprint density at radius 3 is 2.50 bits per heavy atom. The molecule has 0 bridgehead atoms. The maximum Gasteiger partial charge on any atom is 0.0660 e. The highest BCUT2D eigenvalue weighted by Crippen LogP contribution is 2.62. The normalized spacial score (nSPS) is 52.0. The van der Waals surface area contributed by atoms with Gasteiger partial charge in [-0.3, -0.25) is 0 Å². The van der Waals surface area contributed by atoms with Gasteiger partial charge in [-0.15, -0.1) is 0 Å². The summed E-state index contributed by atoms with van der Waals surface area (Å²) in [5, 5.41) is 21.9. The molecule has 0 aromatic carbocycles. The van der Waals surface area contributed by atoms with Crippen molar-refractivity contribution in [2.45, 2.75) is 78.4 Å². The zero-order valence-electron chi connectivity index (χ0n) is 15.0. The van der Waals surface area contributed by atoms with Gasteiger partial charge in [-0.2, -0.15) is 0 Å². The minimum absolute atomic E-state index is 0.128. The predicted molar refractivity (Wildman–Crippen MR) is 90.4 cm³/mol. The molecule has 3 rings (SSSR count). The van der Waals surface area contributed by atoms with E-state index in [0.29, 0.717) is 17.8 Å². The van der Waals surface area contributed by atoms with Crippen LogP contribution in [0.2, 0.25) is 0 Å². The first-order chi connectivity index (χ1) is 10.2. The fourth-order valence-corrected chi connectivity index (χ4v) is 6.34. The third-order valence-electron chi connectivity index (χ3n) is 7.55. The van der Waals surface area contributed by atoms with Crippen molar-refractivity contribution in [3.8, 4) is 0 Å². The molecule has 0 heterocycles. The summed E-state index contributed by atoms with van der Waals surface area (Å²) in [6.07, 6.45) is 7.11. The van der Waals surface area contributed by atoms with E-state index in [0.717, 1.165) is 25.2 Å². The number of allylic oxidation sites excluding steroid dienone is 2. The first-order valence-corrected chi connectivity index (χ1v) is 9.25. The first-order valence-electron chi connectivity index (χ1n) is 9.25. The fourth-order valence-electron chi connectivity index (χ4n) is 6.34. The Bertz CT molecular complexity index is 464. The van der Waals surface area contributed by atoms with Gasteiger partial charge in [0.15, 0.2) is 0 Å². The van der Waals surface area contributed by atoms with Crippen molar-refractivity contribution in [2.24, 2.45) is 35.0 Å². The molecule has 3 aliphatic rings. The van der Waals surface area contributed by atoms with E-state index in [4.69, 9.17) is 0 Å². The van der Waals surface area contributed by atoms with Crippen LogP contribution in [0, 0.1) is 35.0 Å². The van der Waals surface area contributed by atoms with E-state index in [1.54, 1.807) is 0 Å². The lowest BCUT2D eigenvalue weighted by atomic mass is 9.45. The third-order valence-corrected chi connectivity index (χ3v) is 7.55. The molecule has 2 N–H and O–H groups in total. The minimum atomic E-state index is -0.648. The summed E-state index contributed by atoms with van der Waals surface area (Å²) >= 11 is 0. The summed E-state index contributed by atoms with van der Waals surface area (Å²) in [7, 11) is 0. The van der Waals surface area contributed by atoms with Crippen molar-refractivity contribution in [3.05, 3.63) is 11.6 Å².